The summed E-state index contributed by atoms with van der Waals surface area (Å²) in [6, 6.07) is 0. The number of rotatable bonds is 7. The van der Waals surface area contributed by atoms with Crippen molar-refractivity contribution in [1.82, 2.24) is 4.90 Å². The molecule has 0 amide bonds. The van der Waals surface area contributed by atoms with Gasteiger partial charge in [-0.15, -0.1) is 0 Å². The van der Waals surface area contributed by atoms with E-state index in [9.17, 15) is 0 Å². The van der Waals surface area contributed by atoms with Gasteiger partial charge in [0.1, 0.15) is 0 Å². The number of hydrogen-bond acceptors (Lipinski definition) is 5. The summed E-state index contributed by atoms with van der Waals surface area (Å²) in [5.74, 6) is 1.68. The van der Waals surface area contributed by atoms with E-state index in [2.05, 4.69) is 11.8 Å². The summed E-state index contributed by atoms with van der Waals surface area (Å²) in [4.78, 5) is 2.26. The average molecular weight is 249 g/mol. The minimum atomic E-state index is 0.171. The Balaban J connectivity index is 3.54. The van der Waals surface area contributed by atoms with Gasteiger partial charge >= 0.3 is 0 Å². The van der Waals surface area contributed by atoms with Crippen LogP contribution in [0.15, 0.2) is 0 Å². The Bertz CT molecular complexity index is 189. The zero-order valence-electron chi connectivity index (χ0n) is 8.95. The van der Waals surface area contributed by atoms with Crippen LogP contribution in [0.5, 0.6) is 0 Å². The van der Waals surface area contributed by atoms with E-state index >= 15 is 0 Å². The summed E-state index contributed by atoms with van der Waals surface area (Å²) in [5, 5.41) is 14.5. The maximum Gasteiger partial charge on any atom is 0.151 e. The van der Waals surface area contributed by atoms with Crippen LogP contribution in [-0.4, -0.2) is 46.4 Å². The minimum Gasteiger partial charge on any atom is -0.379 e. The summed E-state index contributed by atoms with van der Waals surface area (Å²) in [6.45, 7) is 4.90. The number of thioether (sulfide) groups is 2. The van der Waals surface area contributed by atoms with Gasteiger partial charge in [-0.2, -0.15) is 0 Å². The molecule has 0 saturated heterocycles. The van der Waals surface area contributed by atoms with Gasteiger partial charge in [0.15, 0.2) is 10.3 Å². The highest BCUT2D eigenvalue weighted by molar-refractivity contribution is 8.13. The molecule has 0 unspecified atom stereocenters. The van der Waals surface area contributed by atoms with Gasteiger partial charge in [0.05, 0.1) is 0 Å². The topological polar surface area (TPSA) is 103 Å². The molecule has 7 heteroatoms. The van der Waals surface area contributed by atoms with Crippen molar-refractivity contribution in [2.24, 2.45) is 11.5 Å². The smallest absolute Gasteiger partial charge is 0.151 e. The number of nitrogens with two attached hydrogens (primary N) is 2. The normalized spacial score (nSPS) is 10.5. The first-order valence-electron chi connectivity index (χ1n) is 4.72. The second kappa shape index (κ2) is 8.87. The van der Waals surface area contributed by atoms with Crippen molar-refractivity contribution in [3.05, 3.63) is 0 Å². The van der Waals surface area contributed by atoms with E-state index in [-0.39, 0.29) is 10.3 Å². The predicted molar refractivity (Wildman–Crippen MR) is 70.9 cm³/mol. The minimum absolute atomic E-state index is 0.171. The lowest BCUT2D eigenvalue weighted by Gasteiger charge is -2.19. The molecule has 0 bridgehead atoms. The lowest BCUT2D eigenvalue weighted by atomic mass is 10.5. The van der Waals surface area contributed by atoms with Crippen molar-refractivity contribution in [1.29, 1.82) is 10.8 Å². The molecule has 5 nitrogen and oxygen atoms in total. The molecule has 88 valence electrons. The molecule has 0 spiro atoms. The Hall–Kier alpha value is -0.400. The molecule has 0 saturated carbocycles. The molecule has 0 aliphatic rings. The molecule has 0 aromatic rings. The highest BCUT2D eigenvalue weighted by atomic mass is 32.2. The van der Waals surface area contributed by atoms with E-state index in [1.807, 2.05) is 0 Å². The molecular formula is C8H19N5S2. The highest BCUT2D eigenvalue weighted by Crippen LogP contribution is 2.02. The molecule has 0 rings (SSSR count). The van der Waals surface area contributed by atoms with Crippen molar-refractivity contribution < 1.29 is 0 Å². The lowest BCUT2D eigenvalue weighted by Crippen LogP contribution is -2.29. The Morgan fingerprint density at radius 2 is 1.47 bits per heavy atom. The molecule has 0 aromatic heterocycles. The third-order valence-corrected chi connectivity index (χ3v) is 3.17. The number of hydrogen-bond donors (Lipinski definition) is 4. The highest BCUT2D eigenvalue weighted by Gasteiger charge is 2.03. The van der Waals surface area contributed by atoms with Gasteiger partial charge in [-0.05, 0) is 6.54 Å². The molecule has 0 heterocycles. The second-order valence-electron chi connectivity index (χ2n) is 2.86. The van der Waals surface area contributed by atoms with E-state index in [1.165, 1.54) is 23.5 Å². The molecule has 0 radical (unpaired) electrons. The Kier molecular flexibility index (Phi) is 8.64. The first kappa shape index (κ1) is 14.6. The van der Waals surface area contributed by atoms with E-state index in [0.29, 0.717) is 0 Å². The Labute approximate surface area is 99.4 Å². The molecule has 15 heavy (non-hydrogen) atoms. The fraction of sp³-hybridized carbons (Fsp3) is 0.750. The van der Waals surface area contributed by atoms with Gasteiger partial charge in [-0.1, -0.05) is 30.4 Å². The fourth-order valence-electron chi connectivity index (χ4n) is 0.997. The molecule has 6 N–H and O–H groups in total. The second-order valence-corrected chi connectivity index (χ2v) is 5.13. The summed E-state index contributed by atoms with van der Waals surface area (Å²) < 4.78 is 0. The van der Waals surface area contributed by atoms with E-state index < -0.39 is 0 Å². The third-order valence-electron chi connectivity index (χ3n) is 1.78. The fourth-order valence-corrected chi connectivity index (χ4v) is 2.14. The number of nitrogens with zero attached hydrogens (tertiary/aromatic N) is 1. The van der Waals surface area contributed by atoms with Crippen molar-refractivity contribution in [2.75, 3.05) is 31.1 Å². The van der Waals surface area contributed by atoms with Crippen LogP contribution in [0.2, 0.25) is 0 Å². The monoisotopic (exact) mass is 249 g/mol. The largest absolute Gasteiger partial charge is 0.379 e. The Morgan fingerprint density at radius 1 is 1.07 bits per heavy atom. The van der Waals surface area contributed by atoms with Crippen LogP contribution in [-0.2, 0) is 0 Å². The summed E-state index contributed by atoms with van der Waals surface area (Å²) in [5.41, 5.74) is 10.5. The first-order valence-corrected chi connectivity index (χ1v) is 6.69. The van der Waals surface area contributed by atoms with Gasteiger partial charge in [-0.3, -0.25) is 10.8 Å². The summed E-state index contributed by atoms with van der Waals surface area (Å²) in [6.07, 6.45) is 0. The molecule has 0 aromatic carbocycles. The zero-order valence-corrected chi connectivity index (χ0v) is 10.6. The van der Waals surface area contributed by atoms with Crippen molar-refractivity contribution in [3.63, 3.8) is 0 Å². The van der Waals surface area contributed by atoms with Gasteiger partial charge in [0.25, 0.3) is 0 Å². The van der Waals surface area contributed by atoms with Crippen LogP contribution >= 0.6 is 23.5 Å². The zero-order chi connectivity index (χ0) is 11.7. The van der Waals surface area contributed by atoms with Gasteiger partial charge < -0.3 is 16.4 Å². The molecular weight excluding hydrogens is 230 g/mol. The van der Waals surface area contributed by atoms with Crippen LogP contribution in [0.1, 0.15) is 6.92 Å². The van der Waals surface area contributed by atoms with Crippen LogP contribution in [0, 0.1) is 10.8 Å². The first-order chi connectivity index (χ1) is 7.06. The SMILES string of the molecule is CCN(CCSC(=N)N)CCSC(=N)N. The third kappa shape index (κ3) is 9.89. The summed E-state index contributed by atoms with van der Waals surface area (Å²) in [7, 11) is 0. The molecule has 0 aliphatic carbocycles. The molecule has 0 aliphatic heterocycles. The average Bonchev–Trinajstić information content (AvgIpc) is 2.14. The molecule has 0 atom stereocenters. The van der Waals surface area contributed by atoms with Crippen LogP contribution in [0.25, 0.3) is 0 Å². The quantitative estimate of drug-likeness (QED) is 0.390. The number of amidine groups is 2. The standard InChI is InChI=1S/C8H19N5S2/c1-2-13(3-5-14-7(9)10)4-6-15-8(11)12/h2-6H2,1H3,(H3,9,10)(H3,11,12). The molecule has 0 fully saturated rings. The number of nitrogens with one attached hydrogen (secondary N) is 2. The maximum atomic E-state index is 7.06. The van der Waals surface area contributed by atoms with Crippen molar-refractivity contribution in [3.8, 4) is 0 Å². The van der Waals surface area contributed by atoms with Gasteiger partial charge in [0.2, 0.25) is 0 Å². The predicted octanol–water partition coefficient (Wildman–Crippen LogP) is 0.562. The van der Waals surface area contributed by atoms with Crippen molar-refractivity contribution >= 4 is 33.9 Å². The van der Waals surface area contributed by atoms with E-state index in [0.717, 1.165) is 31.1 Å². The van der Waals surface area contributed by atoms with Crippen molar-refractivity contribution in [2.45, 2.75) is 6.92 Å². The van der Waals surface area contributed by atoms with Crippen LogP contribution in [0.4, 0.5) is 0 Å². The Morgan fingerprint density at radius 3 is 1.73 bits per heavy atom. The maximum absolute atomic E-state index is 7.06. The van der Waals surface area contributed by atoms with E-state index in [1.54, 1.807) is 0 Å². The van der Waals surface area contributed by atoms with Gasteiger partial charge in [0, 0.05) is 24.6 Å². The van der Waals surface area contributed by atoms with Crippen LogP contribution in [0.3, 0.4) is 0 Å². The van der Waals surface area contributed by atoms with E-state index in [4.69, 9.17) is 22.3 Å². The summed E-state index contributed by atoms with van der Waals surface area (Å²) >= 11 is 2.72. The van der Waals surface area contributed by atoms with Crippen LogP contribution < -0.4 is 11.5 Å². The van der Waals surface area contributed by atoms with Gasteiger partial charge in [-0.25, -0.2) is 0 Å². The lowest BCUT2D eigenvalue weighted by molar-refractivity contribution is 0.327.